The molecule has 2 fully saturated rings. The van der Waals surface area contributed by atoms with Crippen LogP contribution in [0.2, 0.25) is 0 Å². The number of carbonyl (C=O) groups excluding carboxylic acids is 2. The Bertz CT molecular complexity index is 1340. The largest absolute Gasteiger partial charge is 0.497 e. The SMILES string of the molecule is COc1cc(CNC(=O)c2ccc(N3[C@@H]4CC[C@H]3CC(NC(=O)c3cccc(OC)c3C)C4)nc2)cc(OC)c1. The van der Waals surface area contributed by atoms with Crippen LogP contribution in [0, 0.1) is 6.92 Å². The number of nitrogens with one attached hydrogen (secondary N) is 2. The number of hydrogen-bond acceptors (Lipinski definition) is 7. The van der Waals surface area contributed by atoms with Crippen molar-refractivity contribution in [1.82, 2.24) is 15.6 Å². The molecule has 0 aliphatic carbocycles. The number of methoxy groups -OCH3 is 3. The number of ether oxygens (including phenoxy) is 3. The summed E-state index contributed by atoms with van der Waals surface area (Å²) in [4.78, 5) is 32.9. The number of aromatic nitrogens is 1. The first-order valence-electron chi connectivity index (χ1n) is 13.6. The van der Waals surface area contributed by atoms with E-state index in [-0.39, 0.29) is 17.9 Å². The molecule has 2 amide bonds. The third-order valence-electron chi connectivity index (χ3n) is 7.96. The maximum absolute atomic E-state index is 13.1. The summed E-state index contributed by atoms with van der Waals surface area (Å²) in [7, 11) is 4.81. The molecular weight excluding hydrogens is 508 g/mol. The van der Waals surface area contributed by atoms with Crippen LogP contribution in [0.3, 0.4) is 0 Å². The maximum Gasteiger partial charge on any atom is 0.253 e. The zero-order valence-corrected chi connectivity index (χ0v) is 23.4. The minimum absolute atomic E-state index is 0.0601. The molecule has 9 nitrogen and oxygen atoms in total. The monoisotopic (exact) mass is 544 g/mol. The smallest absolute Gasteiger partial charge is 0.253 e. The van der Waals surface area contributed by atoms with Crippen molar-refractivity contribution in [2.24, 2.45) is 0 Å². The Hall–Kier alpha value is -4.27. The third-order valence-corrected chi connectivity index (χ3v) is 7.96. The van der Waals surface area contributed by atoms with Gasteiger partial charge in [-0.25, -0.2) is 4.98 Å². The van der Waals surface area contributed by atoms with E-state index in [1.807, 2.05) is 49.4 Å². The molecule has 2 bridgehead atoms. The molecule has 5 rings (SSSR count). The maximum atomic E-state index is 13.1. The van der Waals surface area contributed by atoms with Crippen LogP contribution in [0.25, 0.3) is 0 Å². The first-order chi connectivity index (χ1) is 19.4. The fourth-order valence-electron chi connectivity index (χ4n) is 5.94. The molecule has 2 aliphatic rings. The van der Waals surface area contributed by atoms with Crippen LogP contribution in [-0.4, -0.2) is 56.3 Å². The molecule has 3 aromatic rings. The van der Waals surface area contributed by atoms with Gasteiger partial charge in [0.1, 0.15) is 23.1 Å². The summed E-state index contributed by atoms with van der Waals surface area (Å²) in [5.41, 5.74) is 2.87. The van der Waals surface area contributed by atoms with E-state index in [1.165, 1.54) is 0 Å². The highest BCUT2D eigenvalue weighted by molar-refractivity contribution is 5.96. The number of rotatable bonds is 9. The molecule has 0 saturated carbocycles. The zero-order valence-electron chi connectivity index (χ0n) is 23.4. The molecule has 0 spiro atoms. The number of anilines is 1. The van der Waals surface area contributed by atoms with Crippen molar-refractivity contribution in [2.75, 3.05) is 26.2 Å². The van der Waals surface area contributed by atoms with Gasteiger partial charge in [-0.05, 0) is 74.6 Å². The second-order valence-corrected chi connectivity index (χ2v) is 10.4. The van der Waals surface area contributed by atoms with Crippen LogP contribution in [0.4, 0.5) is 5.82 Å². The molecule has 0 radical (unpaired) electrons. The highest BCUT2D eigenvalue weighted by atomic mass is 16.5. The van der Waals surface area contributed by atoms with Crippen molar-refractivity contribution in [3.05, 3.63) is 77.0 Å². The minimum Gasteiger partial charge on any atom is -0.497 e. The molecule has 2 N–H and O–H groups in total. The standard InChI is InChI=1S/C31H36N4O5/c1-19-27(6-5-7-28(19)40-4)31(37)34-22-14-23-9-10-24(15-22)35(23)29-11-8-21(18-32-29)30(36)33-17-20-12-25(38-2)16-26(13-20)39-3/h5-8,11-13,16,18,22-24H,9-10,14-15,17H2,1-4H3,(H,33,36)(H,34,37)/t22?,23-,24+. The number of carbonyl (C=O) groups is 2. The first-order valence-corrected chi connectivity index (χ1v) is 13.6. The molecule has 3 heterocycles. The number of hydrogen-bond donors (Lipinski definition) is 2. The number of piperidine rings is 1. The van der Waals surface area contributed by atoms with E-state index in [1.54, 1.807) is 33.6 Å². The van der Waals surface area contributed by atoms with Crippen molar-refractivity contribution in [2.45, 2.75) is 57.3 Å². The highest BCUT2D eigenvalue weighted by Crippen LogP contribution is 2.38. The summed E-state index contributed by atoms with van der Waals surface area (Å²) in [5.74, 6) is 2.67. The first kappa shape index (κ1) is 27.3. The van der Waals surface area contributed by atoms with Crippen molar-refractivity contribution >= 4 is 17.6 Å². The molecule has 1 unspecified atom stereocenters. The Morgan fingerprint density at radius 3 is 2.23 bits per heavy atom. The quantitative estimate of drug-likeness (QED) is 0.415. The second-order valence-electron chi connectivity index (χ2n) is 10.4. The summed E-state index contributed by atoms with van der Waals surface area (Å²) in [5, 5.41) is 6.20. The molecule has 2 aliphatic heterocycles. The van der Waals surface area contributed by atoms with Gasteiger partial charge in [-0.3, -0.25) is 9.59 Å². The molecule has 40 heavy (non-hydrogen) atoms. The van der Waals surface area contributed by atoms with Crippen molar-refractivity contribution in [3.63, 3.8) is 0 Å². The van der Waals surface area contributed by atoms with E-state index in [9.17, 15) is 9.59 Å². The normalized spacial score (nSPS) is 19.6. The zero-order chi connectivity index (χ0) is 28.2. The van der Waals surface area contributed by atoms with Gasteiger partial charge < -0.3 is 29.7 Å². The van der Waals surface area contributed by atoms with Gasteiger partial charge in [0.2, 0.25) is 0 Å². The van der Waals surface area contributed by atoms with Crippen molar-refractivity contribution in [3.8, 4) is 17.2 Å². The molecule has 210 valence electrons. The van der Waals surface area contributed by atoms with Crippen LogP contribution in [0.1, 0.15) is 57.5 Å². The Kier molecular flexibility index (Phi) is 8.09. The molecule has 9 heteroatoms. The summed E-state index contributed by atoms with van der Waals surface area (Å²) >= 11 is 0. The third kappa shape index (κ3) is 5.68. The predicted molar refractivity (Wildman–Crippen MR) is 152 cm³/mol. The Morgan fingerprint density at radius 2 is 1.62 bits per heavy atom. The summed E-state index contributed by atoms with van der Waals surface area (Å²) in [6, 6.07) is 15.5. The summed E-state index contributed by atoms with van der Waals surface area (Å²) in [6.07, 6.45) is 5.47. The van der Waals surface area contributed by atoms with E-state index < -0.39 is 0 Å². The van der Waals surface area contributed by atoms with Gasteiger partial charge in [0.15, 0.2) is 0 Å². The second kappa shape index (κ2) is 11.9. The van der Waals surface area contributed by atoms with E-state index in [0.29, 0.717) is 47.0 Å². The van der Waals surface area contributed by atoms with Gasteiger partial charge in [-0.1, -0.05) is 6.07 Å². The number of pyridine rings is 1. The van der Waals surface area contributed by atoms with Crippen LogP contribution < -0.4 is 29.7 Å². The average molecular weight is 545 g/mol. The van der Waals surface area contributed by atoms with Gasteiger partial charge >= 0.3 is 0 Å². The highest BCUT2D eigenvalue weighted by Gasteiger charge is 2.42. The number of fused-ring (bicyclic) bond motifs is 2. The fraction of sp³-hybridized carbons (Fsp3) is 0.387. The lowest BCUT2D eigenvalue weighted by atomic mass is 9.96. The van der Waals surface area contributed by atoms with Crippen molar-refractivity contribution in [1.29, 1.82) is 0 Å². The van der Waals surface area contributed by atoms with Crippen LogP contribution in [0.5, 0.6) is 17.2 Å². The Balaban J connectivity index is 1.19. The lowest BCUT2D eigenvalue weighted by Crippen LogP contribution is -2.50. The van der Waals surface area contributed by atoms with E-state index >= 15 is 0 Å². The van der Waals surface area contributed by atoms with Crippen LogP contribution in [-0.2, 0) is 6.54 Å². The Labute approximate surface area is 234 Å². The van der Waals surface area contributed by atoms with E-state index in [2.05, 4.69) is 20.5 Å². The number of nitrogens with zero attached hydrogens (tertiary/aromatic N) is 2. The molecule has 3 atom stereocenters. The van der Waals surface area contributed by atoms with Crippen LogP contribution >= 0.6 is 0 Å². The van der Waals surface area contributed by atoms with Gasteiger partial charge in [0.05, 0.1) is 26.9 Å². The van der Waals surface area contributed by atoms with Crippen LogP contribution in [0.15, 0.2) is 54.7 Å². The lowest BCUT2D eigenvalue weighted by molar-refractivity contribution is 0.0923. The Morgan fingerprint density at radius 1 is 0.925 bits per heavy atom. The average Bonchev–Trinajstić information content (AvgIpc) is 3.25. The molecular formula is C31H36N4O5. The van der Waals surface area contributed by atoms with Gasteiger partial charge in [0, 0.05) is 48.1 Å². The fourth-order valence-corrected chi connectivity index (χ4v) is 5.94. The van der Waals surface area contributed by atoms with Gasteiger partial charge in [-0.15, -0.1) is 0 Å². The number of benzene rings is 2. The van der Waals surface area contributed by atoms with E-state index in [4.69, 9.17) is 14.2 Å². The molecule has 2 saturated heterocycles. The predicted octanol–water partition coefficient (Wildman–Crippen LogP) is 4.28. The molecule has 1 aromatic heterocycles. The summed E-state index contributed by atoms with van der Waals surface area (Å²) in [6.45, 7) is 2.25. The van der Waals surface area contributed by atoms with Gasteiger partial charge in [0.25, 0.3) is 11.8 Å². The molecule has 2 aromatic carbocycles. The summed E-state index contributed by atoms with van der Waals surface area (Å²) < 4.78 is 16.0. The lowest BCUT2D eigenvalue weighted by Gasteiger charge is -2.40. The van der Waals surface area contributed by atoms with Gasteiger partial charge in [-0.2, -0.15) is 0 Å². The van der Waals surface area contributed by atoms with Crippen molar-refractivity contribution < 1.29 is 23.8 Å². The van der Waals surface area contributed by atoms with E-state index in [0.717, 1.165) is 42.6 Å². The minimum atomic E-state index is -0.196. The number of amides is 2. The topological polar surface area (TPSA) is 102 Å².